The van der Waals surface area contributed by atoms with Gasteiger partial charge in [0.15, 0.2) is 17.3 Å². The zero-order valence-corrected chi connectivity index (χ0v) is 12.7. The van der Waals surface area contributed by atoms with Gasteiger partial charge in [-0.3, -0.25) is 0 Å². The van der Waals surface area contributed by atoms with Crippen molar-refractivity contribution in [1.82, 2.24) is 9.97 Å². The van der Waals surface area contributed by atoms with Crippen molar-refractivity contribution in [3.63, 3.8) is 0 Å². The number of aryl methyl sites for hydroxylation is 1. The molecule has 21 heavy (non-hydrogen) atoms. The molecule has 1 aliphatic heterocycles. The predicted octanol–water partition coefficient (Wildman–Crippen LogP) is 3.66. The maximum absolute atomic E-state index is 6.21. The third-order valence-electron chi connectivity index (χ3n) is 3.10. The van der Waals surface area contributed by atoms with Gasteiger partial charge in [-0.05, 0) is 25.5 Å². The standard InChI is InChI=1S/C15H16ClN3O2/c1-3-4-17-13-5-9(2)18-15(19-13)10-6-11(16)14-12(7-10)20-8-21-14/h5-7H,3-4,8H2,1-2H3,(H,17,18,19). The molecule has 110 valence electrons. The zero-order valence-electron chi connectivity index (χ0n) is 11.9. The molecular formula is C15H16ClN3O2. The summed E-state index contributed by atoms with van der Waals surface area (Å²) >= 11 is 6.21. The smallest absolute Gasteiger partial charge is 0.231 e. The first kappa shape index (κ1) is 13.9. The second-order valence-electron chi connectivity index (χ2n) is 4.84. The molecule has 0 bridgehead atoms. The van der Waals surface area contributed by atoms with Crippen LogP contribution >= 0.6 is 11.6 Å². The molecule has 3 rings (SSSR count). The van der Waals surface area contributed by atoms with Crippen molar-refractivity contribution in [2.75, 3.05) is 18.7 Å². The van der Waals surface area contributed by atoms with E-state index in [4.69, 9.17) is 21.1 Å². The van der Waals surface area contributed by atoms with Crippen LogP contribution in [0.1, 0.15) is 19.0 Å². The molecule has 1 N–H and O–H groups in total. The zero-order chi connectivity index (χ0) is 14.8. The Morgan fingerprint density at radius 3 is 2.90 bits per heavy atom. The number of aromatic nitrogens is 2. The van der Waals surface area contributed by atoms with Crippen molar-refractivity contribution in [2.45, 2.75) is 20.3 Å². The lowest BCUT2D eigenvalue weighted by Crippen LogP contribution is -2.04. The van der Waals surface area contributed by atoms with Gasteiger partial charge in [0.1, 0.15) is 5.82 Å². The number of hydrogen-bond donors (Lipinski definition) is 1. The fourth-order valence-corrected chi connectivity index (χ4v) is 2.40. The van der Waals surface area contributed by atoms with E-state index in [1.54, 1.807) is 6.07 Å². The lowest BCUT2D eigenvalue weighted by Gasteiger charge is -2.09. The first-order chi connectivity index (χ1) is 10.2. The van der Waals surface area contributed by atoms with Crippen molar-refractivity contribution in [3.8, 4) is 22.9 Å². The van der Waals surface area contributed by atoms with Gasteiger partial charge in [-0.25, -0.2) is 9.97 Å². The molecule has 1 aromatic carbocycles. The van der Waals surface area contributed by atoms with Crippen molar-refractivity contribution < 1.29 is 9.47 Å². The summed E-state index contributed by atoms with van der Waals surface area (Å²) in [7, 11) is 0. The molecule has 0 amide bonds. The number of benzene rings is 1. The average molecular weight is 306 g/mol. The fraction of sp³-hybridized carbons (Fsp3) is 0.333. The Bertz CT molecular complexity index is 676. The van der Waals surface area contributed by atoms with Crippen LogP contribution in [0, 0.1) is 6.92 Å². The topological polar surface area (TPSA) is 56.3 Å². The number of nitrogens with one attached hydrogen (secondary N) is 1. The SMILES string of the molecule is CCCNc1cc(C)nc(-c2cc(Cl)c3c(c2)OCO3)n1. The van der Waals surface area contributed by atoms with E-state index in [9.17, 15) is 0 Å². The molecule has 0 unspecified atom stereocenters. The molecule has 0 saturated heterocycles. The number of halogens is 1. The van der Waals surface area contributed by atoms with Crippen LogP contribution in [-0.2, 0) is 0 Å². The van der Waals surface area contributed by atoms with E-state index in [0.29, 0.717) is 22.3 Å². The highest BCUT2D eigenvalue weighted by atomic mass is 35.5. The van der Waals surface area contributed by atoms with E-state index in [0.717, 1.165) is 30.0 Å². The molecule has 6 heteroatoms. The number of hydrogen-bond acceptors (Lipinski definition) is 5. The molecule has 0 aliphatic carbocycles. The van der Waals surface area contributed by atoms with E-state index in [1.807, 2.05) is 19.1 Å². The van der Waals surface area contributed by atoms with Crippen LogP contribution in [0.2, 0.25) is 5.02 Å². The van der Waals surface area contributed by atoms with E-state index >= 15 is 0 Å². The van der Waals surface area contributed by atoms with Gasteiger partial charge in [0.05, 0.1) is 5.02 Å². The molecule has 0 saturated carbocycles. The molecule has 0 fully saturated rings. The second-order valence-corrected chi connectivity index (χ2v) is 5.24. The minimum Gasteiger partial charge on any atom is -0.454 e. The Balaban J connectivity index is 2.00. The first-order valence-corrected chi connectivity index (χ1v) is 7.24. The molecule has 5 nitrogen and oxygen atoms in total. The number of anilines is 1. The van der Waals surface area contributed by atoms with E-state index in [-0.39, 0.29) is 6.79 Å². The molecule has 0 radical (unpaired) electrons. The van der Waals surface area contributed by atoms with E-state index in [1.165, 1.54) is 0 Å². The van der Waals surface area contributed by atoms with Gasteiger partial charge in [-0.1, -0.05) is 18.5 Å². The Kier molecular flexibility index (Phi) is 3.84. The summed E-state index contributed by atoms with van der Waals surface area (Å²) in [5.41, 5.74) is 1.71. The number of fused-ring (bicyclic) bond motifs is 1. The van der Waals surface area contributed by atoms with Crippen molar-refractivity contribution in [2.24, 2.45) is 0 Å². The predicted molar refractivity (Wildman–Crippen MR) is 82.1 cm³/mol. The van der Waals surface area contributed by atoms with Crippen LogP contribution in [0.3, 0.4) is 0 Å². The highest BCUT2D eigenvalue weighted by Gasteiger charge is 2.19. The van der Waals surface area contributed by atoms with Gasteiger partial charge < -0.3 is 14.8 Å². The van der Waals surface area contributed by atoms with Crippen molar-refractivity contribution in [1.29, 1.82) is 0 Å². The summed E-state index contributed by atoms with van der Waals surface area (Å²) in [5, 5.41) is 3.78. The van der Waals surface area contributed by atoms with Crippen molar-refractivity contribution >= 4 is 17.4 Å². The van der Waals surface area contributed by atoms with Gasteiger partial charge in [0.25, 0.3) is 0 Å². The lowest BCUT2D eigenvalue weighted by atomic mass is 10.2. The van der Waals surface area contributed by atoms with Gasteiger partial charge >= 0.3 is 0 Å². The second kappa shape index (κ2) is 5.77. The molecule has 0 atom stereocenters. The van der Waals surface area contributed by atoms with Crippen LogP contribution in [0.15, 0.2) is 18.2 Å². The fourth-order valence-electron chi connectivity index (χ4n) is 2.14. The third kappa shape index (κ3) is 2.88. The molecule has 1 aliphatic rings. The molecule has 0 spiro atoms. The van der Waals surface area contributed by atoms with Crippen LogP contribution < -0.4 is 14.8 Å². The highest BCUT2D eigenvalue weighted by molar-refractivity contribution is 6.32. The summed E-state index contributed by atoms with van der Waals surface area (Å²) < 4.78 is 10.7. The summed E-state index contributed by atoms with van der Waals surface area (Å²) in [6.07, 6.45) is 1.04. The van der Waals surface area contributed by atoms with Crippen molar-refractivity contribution in [3.05, 3.63) is 28.9 Å². The average Bonchev–Trinajstić information content (AvgIpc) is 2.93. The third-order valence-corrected chi connectivity index (χ3v) is 3.38. The van der Waals surface area contributed by atoms with Crippen LogP contribution in [0.4, 0.5) is 5.82 Å². The largest absolute Gasteiger partial charge is 0.454 e. The van der Waals surface area contributed by atoms with E-state index < -0.39 is 0 Å². The lowest BCUT2D eigenvalue weighted by molar-refractivity contribution is 0.174. The number of ether oxygens (including phenoxy) is 2. The van der Waals surface area contributed by atoms with Crippen LogP contribution in [-0.4, -0.2) is 23.3 Å². The van der Waals surface area contributed by atoms with E-state index in [2.05, 4.69) is 22.2 Å². The highest BCUT2D eigenvalue weighted by Crippen LogP contribution is 2.41. The Morgan fingerprint density at radius 1 is 1.24 bits per heavy atom. The normalized spacial score (nSPS) is 12.5. The molecular weight excluding hydrogens is 290 g/mol. The summed E-state index contributed by atoms with van der Waals surface area (Å²) in [4.78, 5) is 9.00. The quantitative estimate of drug-likeness (QED) is 0.934. The minimum absolute atomic E-state index is 0.191. The first-order valence-electron chi connectivity index (χ1n) is 6.86. The maximum Gasteiger partial charge on any atom is 0.231 e. The summed E-state index contributed by atoms with van der Waals surface area (Å²) in [6, 6.07) is 5.58. The Morgan fingerprint density at radius 2 is 2.10 bits per heavy atom. The summed E-state index contributed by atoms with van der Waals surface area (Å²) in [5.74, 6) is 2.64. The minimum atomic E-state index is 0.191. The Hall–Kier alpha value is -2.01. The summed E-state index contributed by atoms with van der Waals surface area (Å²) in [6.45, 7) is 5.12. The maximum atomic E-state index is 6.21. The number of rotatable bonds is 4. The van der Waals surface area contributed by atoms with Gasteiger partial charge in [0, 0.05) is 23.9 Å². The molecule has 2 heterocycles. The molecule has 2 aromatic rings. The van der Waals surface area contributed by atoms with Crippen LogP contribution in [0.5, 0.6) is 11.5 Å². The van der Waals surface area contributed by atoms with Gasteiger partial charge in [0.2, 0.25) is 6.79 Å². The monoisotopic (exact) mass is 305 g/mol. The molecule has 1 aromatic heterocycles. The number of nitrogens with zero attached hydrogens (tertiary/aromatic N) is 2. The van der Waals surface area contributed by atoms with Gasteiger partial charge in [-0.15, -0.1) is 0 Å². The van der Waals surface area contributed by atoms with Crippen LogP contribution in [0.25, 0.3) is 11.4 Å². The van der Waals surface area contributed by atoms with Gasteiger partial charge in [-0.2, -0.15) is 0 Å². The Labute approximate surface area is 128 Å².